The van der Waals surface area contributed by atoms with Crippen LogP contribution < -0.4 is 0 Å². The minimum absolute atomic E-state index is 0.0142. The SMILES string of the molecule is COCC(=O)OCC[C@@]12CCCC[C@@]13C=CO[C@@H](C2)O3. The van der Waals surface area contributed by atoms with E-state index in [0.717, 1.165) is 25.7 Å². The highest BCUT2D eigenvalue weighted by molar-refractivity contribution is 5.70. The van der Waals surface area contributed by atoms with Gasteiger partial charge in [-0.1, -0.05) is 12.8 Å². The predicted molar refractivity (Wildman–Crippen MR) is 70.8 cm³/mol. The van der Waals surface area contributed by atoms with Gasteiger partial charge in [0.1, 0.15) is 6.61 Å². The van der Waals surface area contributed by atoms with Crippen molar-refractivity contribution in [3.05, 3.63) is 12.3 Å². The number of carbonyl (C=O) groups excluding carboxylic acids is 1. The van der Waals surface area contributed by atoms with E-state index >= 15 is 0 Å². The third-order valence-corrected chi connectivity index (χ3v) is 4.92. The number of hydrogen-bond acceptors (Lipinski definition) is 5. The van der Waals surface area contributed by atoms with Gasteiger partial charge in [0.2, 0.25) is 6.29 Å². The summed E-state index contributed by atoms with van der Waals surface area (Å²) in [5, 5.41) is 0. The fourth-order valence-electron chi connectivity index (χ4n) is 3.95. The van der Waals surface area contributed by atoms with Crippen molar-refractivity contribution in [1.82, 2.24) is 0 Å². The fourth-order valence-corrected chi connectivity index (χ4v) is 3.95. The van der Waals surface area contributed by atoms with Crippen LogP contribution in [-0.2, 0) is 23.7 Å². The van der Waals surface area contributed by atoms with E-state index in [9.17, 15) is 4.79 Å². The molecule has 2 heterocycles. The van der Waals surface area contributed by atoms with Crippen molar-refractivity contribution in [2.75, 3.05) is 20.3 Å². The minimum atomic E-state index is -0.303. The fraction of sp³-hybridized carbons (Fsp3) is 0.800. The van der Waals surface area contributed by atoms with Crippen LogP contribution in [0.15, 0.2) is 12.3 Å². The van der Waals surface area contributed by atoms with Crippen LogP contribution >= 0.6 is 0 Å². The molecule has 3 aliphatic rings. The lowest BCUT2D eigenvalue weighted by molar-refractivity contribution is -0.166. The average molecular weight is 282 g/mol. The molecule has 0 radical (unpaired) electrons. The summed E-state index contributed by atoms with van der Waals surface area (Å²) in [6.07, 6.45) is 9.99. The Labute approximate surface area is 119 Å². The molecule has 2 bridgehead atoms. The van der Waals surface area contributed by atoms with E-state index < -0.39 is 0 Å². The Bertz CT molecular complexity index is 407. The zero-order chi connectivity index (χ0) is 14.1. The van der Waals surface area contributed by atoms with E-state index in [0.29, 0.717) is 6.61 Å². The summed E-state index contributed by atoms with van der Waals surface area (Å²) >= 11 is 0. The second-order valence-electron chi connectivity index (χ2n) is 5.97. The van der Waals surface area contributed by atoms with Crippen molar-refractivity contribution in [2.45, 2.75) is 50.4 Å². The Morgan fingerprint density at radius 3 is 3.10 bits per heavy atom. The molecule has 3 atom stereocenters. The van der Waals surface area contributed by atoms with Crippen LogP contribution in [-0.4, -0.2) is 38.2 Å². The molecular formula is C15H22O5. The molecule has 0 aromatic heterocycles. The molecule has 2 fully saturated rings. The number of hydrogen-bond donors (Lipinski definition) is 0. The zero-order valence-corrected chi connectivity index (χ0v) is 11.9. The first-order valence-corrected chi connectivity index (χ1v) is 7.35. The Morgan fingerprint density at radius 2 is 2.25 bits per heavy atom. The lowest BCUT2D eigenvalue weighted by Crippen LogP contribution is -2.47. The highest BCUT2D eigenvalue weighted by Gasteiger charge is 2.60. The summed E-state index contributed by atoms with van der Waals surface area (Å²) in [7, 11) is 1.49. The summed E-state index contributed by atoms with van der Waals surface area (Å²) in [5.41, 5.74) is -0.155. The molecule has 1 saturated carbocycles. The van der Waals surface area contributed by atoms with Crippen molar-refractivity contribution in [3.63, 3.8) is 0 Å². The number of rotatable bonds is 5. The lowest BCUT2D eigenvalue weighted by Gasteiger charge is -2.46. The van der Waals surface area contributed by atoms with Crippen LogP contribution in [0.1, 0.15) is 38.5 Å². The van der Waals surface area contributed by atoms with Crippen molar-refractivity contribution < 1.29 is 23.7 Å². The van der Waals surface area contributed by atoms with Gasteiger partial charge in [0, 0.05) is 18.9 Å². The normalized spacial score (nSPS) is 38.1. The maximum atomic E-state index is 11.4. The van der Waals surface area contributed by atoms with E-state index in [1.807, 2.05) is 0 Å². The zero-order valence-electron chi connectivity index (χ0n) is 11.9. The Kier molecular flexibility index (Phi) is 3.73. The van der Waals surface area contributed by atoms with Gasteiger partial charge in [-0.15, -0.1) is 0 Å². The van der Waals surface area contributed by atoms with Crippen molar-refractivity contribution in [2.24, 2.45) is 5.41 Å². The monoisotopic (exact) mass is 282 g/mol. The van der Waals surface area contributed by atoms with E-state index in [1.165, 1.54) is 20.0 Å². The molecule has 0 aromatic rings. The van der Waals surface area contributed by atoms with Gasteiger partial charge >= 0.3 is 5.97 Å². The second kappa shape index (κ2) is 5.37. The molecule has 1 aliphatic carbocycles. The average Bonchev–Trinajstić information content (AvgIpc) is 2.65. The number of ether oxygens (including phenoxy) is 4. The second-order valence-corrected chi connectivity index (χ2v) is 5.97. The van der Waals surface area contributed by atoms with Crippen LogP contribution in [0.4, 0.5) is 0 Å². The predicted octanol–water partition coefficient (Wildman–Crippen LogP) is 2.16. The highest BCUT2D eigenvalue weighted by atomic mass is 16.7. The highest BCUT2D eigenvalue weighted by Crippen LogP contribution is 2.59. The Morgan fingerprint density at radius 1 is 1.40 bits per heavy atom. The summed E-state index contributed by atoms with van der Waals surface area (Å²) in [4.78, 5) is 11.4. The van der Waals surface area contributed by atoms with Crippen LogP contribution in [0.3, 0.4) is 0 Å². The molecule has 0 unspecified atom stereocenters. The van der Waals surface area contributed by atoms with Crippen molar-refractivity contribution in [1.29, 1.82) is 0 Å². The van der Waals surface area contributed by atoms with E-state index in [4.69, 9.17) is 18.9 Å². The molecule has 0 aromatic carbocycles. The smallest absolute Gasteiger partial charge is 0.332 e. The van der Waals surface area contributed by atoms with Crippen LogP contribution in [0.2, 0.25) is 0 Å². The first-order valence-electron chi connectivity index (χ1n) is 7.35. The van der Waals surface area contributed by atoms with E-state index in [2.05, 4.69) is 6.08 Å². The summed E-state index contributed by atoms with van der Waals surface area (Å²) in [6, 6.07) is 0. The molecule has 5 nitrogen and oxygen atoms in total. The van der Waals surface area contributed by atoms with Crippen molar-refractivity contribution in [3.8, 4) is 0 Å². The summed E-state index contributed by atoms with van der Waals surface area (Å²) < 4.78 is 21.7. The van der Waals surface area contributed by atoms with Crippen LogP contribution in [0.25, 0.3) is 0 Å². The molecule has 3 rings (SSSR count). The van der Waals surface area contributed by atoms with Gasteiger partial charge in [0.25, 0.3) is 0 Å². The molecule has 5 heteroatoms. The quantitative estimate of drug-likeness (QED) is 0.723. The van der Waals surface area contributed by atoms with Gasteiger partial charge in [-0.2, -0.15) is 0 Å². The van der Waals surface area contributed by atoms with Gasteiger partial charge in [-0.25, -0.2) is 4.79 Å². The molecular weight excluding hydrogens is 260 g/mol. The molecule has 112 valence electrons. The van der Waals surface area contributed by atoms with E-state index in [1.54, 1.807) is 6.26 Å². The molecule has 1 saturated heterocycles. The van der Waals surface area contributed by atoms with Crippen molar-refractivity contribution >= 4 is 5.97 Å². The number of methoxy groups -OCH3 is 1. The van der Waals surface area contributed by atoms with Crippen LogP contribution in [0, 0.1) is 5.41 Å². The third kappa shape index (κ3) is 2.23. The largest absolute Gasteiger partial charge is 0.473 e. The summed E-state index contributed by atoms with van der Waals surface area (Å²) in [6.45, 7) is 0.439. The van der Waals surface area contributed by atoms with Gasteiger partial charge in [-0.3, -0.25) is 0 Å². The Balaban J connectivity index is 1.66. The van der Waals surface area contributed by atoms with Crippen LogP contribution in [0.5, 0.6) is 0 Å². The summed E-state index contributed by atoms with van der Waals surface area (Å²) in [5.74, 6) is -0.303. The van der Waals surface area contributed by atoms with Gasteiger partial charge < -0.3 is 18.9 Å². The molecule has 2 aliphatic heterocycles. The molecule has 20 heavy (non-hydrogen) atoms. The number of carbonyl (C=O) groups is 1. The van der Waals surface area contributed by atoms with Gasteiger partial charge in [0.15, 0.2) is 0 Å². The molecule has 1 spiro atoms. The topological polar surface area (TPSA) is 54.0 Å². The van der Waals surface area contributed by atoms with Gasteiger partial charge in [-0.05, 0) is 25.3 Å². The minimum Gasteiger partial charge on any atom is -0.473 e. The first-order chi connectivity index (χ1) is 9.70. The maximum absolute atomic E-state index is 11.4. The van der Waals surface area contributed by atoms with Gasteiger partial charge in [0.05, 0.1) is 18.5 Å². The Hall–Kier alpha value is -1.07. The molecule has 0 N–H and O–H groups in total. The number of esters is 1. The maximum Gasteiger partial charge on any atom is 0.332 e. The number of fused-ring (bicyclic) bond motifs is 1. The third-order valence-electron chi connectivity index (χ3n) is 4.92. The first kappa shape index (κ1) is 13.9. The van der Waals surface area contributed by atoms with E-state index in [-0.39, 0.29) is 29.9 Å². The standard InChI is InChI=1S/C15H22O5/c1-17-11-12(16)18-8-6-14-4-2-3-5-15(14)7-9-19-13(10-14)20-15/h7,9,13H,2-6,8,10-11H2,1H3/t13-,14-,15-/m1/s1. The molecule has 0 amide bonds. The lowest BCUT2D eigenvalue weighted by atomic mass is 9.61.